The average Bonchev–Trinajstić information content (AvgIpc) is 2.46. The third kappa shape index (κ3) is 3.07. The lowest BCUT2D eigenvalue weighted by Crippen LogP contribution is -2.19. The lowest BCUT2D eigenvalue weighted by Gasteiger charge is -2.19. The SMILES string of the molecule is CCCc1ccc(C(NC)c2cccc(C)c2F)cc1. The molecule has 1 nitrogen and oxygen atoms in total. The maximum absolute atomic E-state index is 14.3. The molecule has 2 aromatic carbocycles. The van der Waals surface area contributed by atoms with Crippen molar-refractivity contribution in [1.29, 1.82) is 0 Å². The highest BCUT2D eigenvalue weighted by Crippen LogP contribution is 2.26. The van der Waals surface area contributed by atoms with Gasteiger partial charge in [0.25, 0.3) is 0 Å². The molecule has 0 amide bonds. The van der Waals surface area contributed by atoms with Crippen molar-refractivity contribution in [2.75, 3.05) is 7.05 Å². The van der Waals surface area contributed by atoms with Crippen LogP contribution in [0.4, 0.5) is 4.39 Å². The number of aryl methyl sites for hydroxylation is 2. The van der Waals surface area contributed by atoms with Crippen LogP contribution in [0, 0.1) is 12.7 Å². The molecule has 0 fully saturated rings. The Morgan fingerprint density at radius 2 is 1.80 bits per heavy atom. The van der Waals surface area contributed by atoms with E-state index in [1.807, 2.05) is 19.2 Å². The molecule has 0 bridgehead atoms. The molecule has 1 unspecified atom stereocenters. The number of nitrogens with one attached hydrogen (secondary N) is 1. The van der Waals surface area contributed by atoms with Gasteiger partial charge in [0.15, 0.2) is 0 Å². The molecule has 1 atom stereocenters. The Kier molecular flexibility index (Phi) is 4.91. The van der Waals surface area contributed by atoms with Gasteiger partial charge in [0.05, 0.1) is 6.04 Å². The number of halogens is 1. The lowest BCUT2D eigenvalue weighted by molar-refractivity contribution is 0.569. The van der Waals surface area contributed by atoms with Gasteiger partial charge in [-0.15, -0.1) is 0 Å². The Labute approximate surface area is 120 Å². The molecular weight excluding hydrogens is 249 g/mol. The van der Waals surface area contributed by atoms with Gasteiger partial charge in [-0.3, -0.25) is 0 Å². The van der Waals surface area contributed by atoms with Gasteiger partial charge >= 0.3 is 0 Å². The Hall–Kier alpha value is -1.67. The minimum atomic E-state index is -0.121. The third-order valence-corrected chi connectivity index (χ3v) is 3.67. The number of hydrogen-bond acceptors (Lipinski definition) is 1. The second kappa shape index (κ2) is 6.67. The molecule has 20 heavy (non-hydrogen) atoms. The molecule has 0 saturated heterocycles. The number of hydrogen-bond donors (Lipinski definition) is 1. The molecule has 106 valence electrons. The molecule has 0 spiro atoms. The van der Waals surface area contributed by atoms with E-state index in [1.54, 1.807) is 13.0 Å². The number of rotatable bonds is 5. The van der Waals surface area contributed by atoms with Crippen molar-refractivity contribution in [3.05, 3.63) is 70.5 Å². The van der Waals surface area contributed by atoms with Crippen LogP contribution in [0.1, 0.15) is 41.6 Å². The zero-order chi connectivity index (χ0) is 14.5. The summed E-state index contributed by atoms with van der Waals surface area (Å²) in [5.74, 6) is -0.121. The summed E-state index contributed by atoms with van der Waals surface area (Å²) in [4.78, 5) is 0. The second-order valence-corrected chi connectivity index (χ2v) is 5.19. The van der Waals surface area contributed by atoms with E-state index in [1.165, 1.54) is 5.56 Å². The summed E-state index contributed by atoms with van der Waals surface area (Å²) in [5.41, 5.74) is 3.81. The fourth-order valence-electron chi connectivity index (χ4n) is 2.56. The summed E-state index contributed by atoms with van der Waals surface area (Å²) < 4.78 is 14.3. The topological polar surface area (TPSA) is 12.0 Å². The molecule has 0 radical (unpaired) electrons. The van der Waals surface area contributed by atoms with Crippen LogP contribution in [0.5, 0.6) is 0 Å². The van der Waals surface area contributed by atoms with Crippen molar-refractivity contribution in [3.63, 3.8) is 0 Å². The first-order valence-corrected chi connectivity index (χ1v) is 7.18. The van der Waals surface area contributed by atoms with Crippen molar-refractivity contribution in [3.8, 4) is 0 Å². The largest absolute Gasteiger partial charge is 0.309 e. The molecule has 0 heterocycles. The summed E-state index contributed by atoms with van der Waals surface area (Å²) >= 11 is 0. The highest BCUT2D eigenvalue weighted by Gasteiger charge is 2.16. The fraction of sp³-hybridized carbons (Fsp3) is 0.333. The summed E-state index contributed by atoms with van der Waals surface area (Å²) in [6.07, 6.45) is 2.23. The van der Waals surface area contributed by atoms with Crippen molar-refractivity contribution in [2.45, 2.75) is 32.7 Å². The predicted octanol–water partition coefficient (Wildman–Crippen LogP) is 4.40. The molecule has 0 saturated carbocycles. The van der Waals surface area contributed by atoms with Crippen LogP contribution in [-0.4, -0.2) is 7.05 Å². The smallest absolute Gasteiger partial charge is 0.131 e. The van der Waals surface area contributed by atoms with Gasteiger partial charge < -0.3 is 5.32 Å². The molecule has 1 N–H and O–H groups in total. The lowest BCUT2D eigenvalue weighted by atomic mass is 9.95. The normalized spacial score (nSPS) is 12.4. The van der Waals surface area contributed by atoms with E-state index in [-0.39, 0.29) is 11.9 Å². The van der Waals surface area contributed by atoms with Crippen LogP contribution < -0.4 is 5.32 Å². The fourth-order valence-corrected chi connectivity index (χ4v) is 2.56. The van der Waals surface area contributed by atoms with Crippen molar-refractivity contribution in [2.24, 2.45) is 0 Å². The summed E-state index contributed by atoms with van der Waals surface area (Å²) in [6.45, 7) is 3.97. The Morgan fingerprint density at radius 3 is 2.40 bits per heavy atom. The van der Waals surface area contributed by atoms with E-state index in [0.29, 0.717) is 11.1 Å². The average molecular weight is 271 g/mol. The first kappa shape index (κ1) is 14.7. The molecule has 0 aliphatic rings. The molecular formula is C18H22FN. The third-order valence-electron chi connectivity index (χ3n) is 3.67. The molecule has 2 aromatic rings. The zero-order valence-electron chi connectivity index (χ0n) is 12.4. The standard InChI is InChI=1S/C18H22FN/c1-4-6-14-9-11-15(12-10-14)18(20-3)16-8-5-7-13(2)17(16)19/h5,7-12,18,20H,4,6H2,1-3H3. The predicted molar refractivity (Wildman–Crippen MR) is 82.5 cm³/mol. The van der Waals surface area contributed by atoms with Crippen LogP contribution in [-0.2, 0) is 6.42 Å². The highest BCUT2D eigenvalue weighted by molar-refractivity contribution is 5.36. The van der Waals surface area contributed by atoms with Crippen LogP contribution in [0.3, 0.4) is 0 Å². The van der Waals surface area contributed by atoms with Crippen molar-refractivity contribution >= 4 is 0 Å². The van der Waals surface area contributed by atoms with Gasteiger partial charge in [0.1, 0.15) is 5.82 Å². The second-order valence-electron chi connectivity index (χ2n) is 5.19. The number of benzene rings is 2. The van der Waals surface area contributed by atoms with E-state index >= 15 is 0 Å². The Balaban J connectivity index is 2.34. The van der Waals surface area contributed by atoms with E-state index in [9.17, 15) is 4.39 Å². The first-order chi connectivity index (χ1) is 9.67. The molecule has 2 heteroatoms. The zero-order valence-corrected chi connectivity index (χ0v) is 12.4. The van der Waals surface area contributed by atoms with Gasteiger partial charge in [0.2, 0.25) is 0 Å². The van der Waals surface area contributed by atoms with E-state index in [2.05, 4.69) is 36.5 Å². The van der Waals surface area contributed by atoms with E-state index in [4.69, 9.17) is 0 Å². The molecule has 0 aromatic heterocycles. The Morgan fingerprint density at radius 1 is 1.10 bits per heavy atom. The highest BCUT2D eigenvalue weighted by atomic mass is 19.1. The maximum Gasteiger partial charge on any atom is 0.131 e. The molecule has 0 aliphatic heterocycles. The van der Waals surface area contributed by atoms with Crippen LogP contribution in [0.25, 0.3) is 0 Å². The van der Waals surface area contributed by atoms with Gasteiger partial charge in [-0.2, -0.15) is 0 Å². The van der Waals surface area contributed by atoms with Crippen LogP contribution >= 0.6 is 0 Å². The Bertz CT molecular complexity index is 560. The summed E-state index contributed by atoms with van der Waals surface area (Å²) in [7, 11) is 1.87. The van der Waals surface area contributed by atoms with E-state index < -0.39 is 0 Å². The quantitative estimate of drug-likeness (QED) is 0.850. The van der Waals surface area contributed by atoms with Gasteiger partial charge in [-0.1, -0.05) is 55.8 Å². The minimum absolute atomic E-state index is 0.106. The monoisotopic (exact) mass is 271 g/mol. The van der Waals surface area contributed by atoms with Crippen molar-refractivity contribution < 1.29 is 4.39 Å². The summed E-state index contributed by atoms with van der Waals surface area (Å²) in [6, 6.07) is 13.9. The van der Waals surface area contributed by atoms with E-state index in [0.717, 1.165) is 18.4 Å². The van der Waals surface area contributed by atoms with Crippen LogP contribution in [0.15, 0.2) is 42.5 Å². The van der Waals surface area contributed by atoms with Crippen LogP contribution in [0.2, 0.25) is 0 Å². The van der Waals surface area contributed by atoms with Gasteiger partial charge in [-0.25, -0.2) is 4.39 Å². The minimum Gasteiger partial charge on any atom is -0.309 e. The van der Waals surface area contributed by atoms with Gasteiger partial charge in [0, 0.05) is 5.56 Å². The molecule has 0 aliphatic carbocycles. The first-order valence-electron chi connectivity index (χ1n) is 7.18. The van der Waals surface area contributed by atoms with Gasteiger partial charge in [-0.05, 0) is 37.1 Å². The molecule has 2 rings (SSSR count). The maximum atomic E-state index is 14.3. The van der Waals surface area contributed by atoms with Crippen molar-refractivity contribution in [1.82, 2.24) is 5.32 Å². The summed E-state index contributed by atoms with van der Waals surface area (Å²) in [5, 5.41) is 3.21.